The molecule has 3 heterocycles. The number of hydrogen-bond donors (Lipinski definition) is 0. The first-order chi connectivity index (χ1) is 20.5. The third-order valence-electron chi connectivity index (χ3n) is 10.6. The van der Waals surface area contributed by atoms with Crippen LogP contribution in [0.1, 0.15) is 61.8 Å². The standard InChI is InChI=1S/C38H38N4/c1-23(2)41-33-19-11-9-17-31(33)39-21-29-30(22-40-32-18-10-12-20-34(32)42(24(3)4)38(40)37(39)41)36-27-15-7-5-13-25(27)35(29)26-14-6-8-16-28(26)36/h5-20,23-24,29-30,35-36H,21-22H2,1-4H3. The van der Waals surface area contributed by atoms with Crippen LogP contribution in [0.25, 0.3) is 0 Å². The van der Waals surface area contributed by atoms with Crippen LogP contribution in [0.4, 0.5) is 22.7 Å². The maximum atomic E-state index is 2.71. The Labute approximate surface area is 249 Å². The summed E-state index contributed by atoms with van der Waals surface area (Å²) >= 11 is 0. The average molecular weight is 551 g/mol. The van der Waals surface area contributed by atoms with Crippen LogP contribution in [0.3, 0.4) is 0 Å². The molecule has 4 heteroatoms. The summed E-state index contributed by atoms with van der Waals surface area (Å²) in [7, 11) is 0. The first-order valence-corrected chi connectivity index (χ1v) is 15.8. The van der Waals surface area contributed by atoms with Gasteiger partial charge in [0.25, 0.3) is 0 Å². The lowest BCUT2D eigenvalue weighted by Crippen LogP contribution is -2.53. The average Bonchev–Trinajstić information content (AvgIpc) is 3.49. The minimum Gasteiger partial charge on any atom is -0.323 e. The van der Waals surface area contributed by atoms with Crippen molar-refractivity contribution in [2.45, 2.75) is 51.6 Å². The smallest absolute Gasteiger partial charge is 0.156 e. The van der Waals surface area contributed by atoms with Gasteiger partial charge in [-0.05, 0) is 86.1 Å². The second kappa shape index (κ2) is 8.67. The topological polar surface area (TPSA) is 13.0 Å². The van der Waals surface area contributed by atoms with E-state index in [0.717, 1.165) is 13.1 Å². The molecule has 0 aromatic heterocycles. The number of rotatable bonds is 2. The summed E-state index contributed by atoms with van der Waals surface area (Å²) in [6.45, 7) is 11.4. The highest BCUT2D eigenvalue weighted by molar-refractivity contribution is 5.90. The minimum absolute atomic E-state index is 0.331. The molecule has 6 aliphatic rings. The zero-order valence-corrected chi connectivity index (χ0v) is 24.9. The van der Waals surface area contributed by atoms with Crippen molar-refractivity contribution in [3.63, 3.8) is 0 Å². The van der Waals surface area contributed by atoms with Gasteiger partial charge in [0.15, 0.2) is 11.6 Å². The van der Waals surface area contributed by atoms with Gasteiger partial charge in [0, 0.05) is 37.0 Å². The second-order valence-corrected chi connectivity index (χ2v) is 13.3. The summed E-state index contributed by atoms with van der Waals surface area (Å²) in [6, 6.07) is 37.6. The SMILES string of the molecule is CC(C)N1C2=C3N(CC4C5c6ccccc6C(c6ccccc65)C4CN2c2ccccc21)c1ccccc1N3C(C)C. The molecule has 4 nitrogen and oxygen atoms in total. The van der Waals surface area contributed by atoms with Gasteiger partial charge in [-0.3, -0.25) is 0 Å². The van der Waals surface area contributed by atoms with E-state index in [0.29, 0.717) is 35.8 Å². The largest absolute Gasteiger partial charge is 0.323 e. The normalized spacial score (nSPS) is 24.6. The summed E-state index contributed by atoms with van der Waals surface area (Å²) in [5.74, 6) is 4.48. The Hall–Kier alpha value is -4.18. The van der Waals surface area contributed by atoms with Crippen LogP contribution in [0.5, 0.6) is 0 Å². The van der Waals surface area contributed by atoms with Crippen LogP contribution in [-0.4, -0.2) is 25.2 Å². The lowest BCUT2D eigenvalue weighted by atomic mass is 9.54. The summed E-state index contributed by atoms with van der Waals surface area (Å²) in [5, 5.41) is 0. The van der Waals surface area contributed by atoms with E-state index < -0.39 is 0 Å². The van der Waals surface area contributed by atoms with Gasteiger partial charge in [-0.25, -0.2) is 0 Å². The Bertz CT molecular complexity index is 1590. The third kappa shape index (κ3) is 3.02. The number of nitrogens with zero attached hydrogens (tertiary/aromatic N) is 4. The molecule has 0 saturated carbocycles. The molecule has 2 bridgehead atoms. The summed E-state index contributed by atoms with van der Waals surface area (Å²) < 4.78 is 0. The van der Waals surface area contributed by atoms with Gasteiger partial charge in [-0.15, -0.1) is 0 Å². The number of benzene rings is 4. The first-order valence-electron chi connectivity index (χ1n) is 15.8. The van der Waals surface area contributed by atoms with Gasteiger partial charge in [0.05, 0.1) is 22.7 Å². The molecule has 10 rings (SSSR count). The molecule has 3 aliphatic carbocycles. The zero-order chi connectivity index (χ0) is 28.3. The van der Waals surface area contributed by atoms with Gasteiger partial charge >= 0.3 is 0 Å². The van der Waals surface area contributed by atoms with E-state index in [-0.39, 0.29) is 0 Å². The van der Waals surface area contributed by atoms with E-state index in [1.54, 1.807) is 22.3 Å². The van der Waals surface area contributed by atoms with Crippen molar-refractivity contribution in [1.29, 1.82) is 0 Å². The Balaban J connectivity index is 1.34. The maximum absolute atomic E-state index is 2.71. The number of hydrogen-bond acceptors (Lipinski definition) is 4. The monoisotopic (exact) mass is 550 g/mol. The lowest BCUT2D eigenvalue weighted by molar-refractivity contribution is 0.236. The van der Waals surface area contributed by atoms with E-state index in [1.807, 2.05) is 0 Å². The molecule has 0 amide bonds. The van der Waals surface area contributed by atoms with Crippen LogP contribution in [-0.2, 0) is 0 Å². The summed E-state index contributed by atoms with van der Waals surface area (Å²) in [5.41, 5.74) is 11.5. The van der Waals surface area contributed by atoms with Crippen molar-refractivity contribution >= 4 is 22.7 Å². The fraction of sp³-hybridized carbons (Fsp3) is 0.316. The molecule has 42 heavy (non-hydrogen) atoms. The quantitative estimate of drug-likeness (QED) is 0.250. The molecule has 0 saturated heterocycles. The molecular weight excluding hydrogens is 512 g/mol. The summed E-state index contributed by atoms with van der Waals surface area (Å²) in [4.78, 5) is 10.6. The fourth-order valence-corrected chi connectivity index (χ4v) is 9.19. The van der Waals surface area contributed by atoms with E-state index in [1.165, 1.54) is 34.4 Å². The van der Waals surface area contributed by atoms with Crippen LogP contribution in [0, 0.1) is 11.8 Å². The van der Waals surface area contributed by atoms with E-state index in [2.05, 4.69) is 144 Å². The molecule has 0 radical (unpaired) electrons. The highest BCUT2D eigenvalue weighted by Gasteiger charge is 2.54. The molecule has 0 N–H and O–H groups in total. The molecule has 0 fully saturated rings. The Morgan fingerprint density at radius 1 is 0.452 bits per heavy atom. The van der Waals surface area contributed by atoms with Gasteiger partial charge in [-0.2, -0.15) is 0 Å². The van der Waals surface area contributed by atoms with Crippen molar-refractivity contribution in [2.24, 2.45) is 11.8 Å². The molecule has 3 aliphatic heterocycles. The molecule has 2 unspecified atom stereocenters. The Morgan fingerprint density at radius 3 is 1.10 bits per heavy atom. The maximum Gasteiger partial charge on any atom is 0.156 e. The third-order valence-corrected chi connectivity index (χ3v) is 10.6. The van der Waals surface area contributed by atoms with Crippen molar-refractivity contribution in [2.75, 3.05) is 32.7 Å². The summed E-state index contributed by atoms with van der Waals surface area (Å²) in [6.07, 6.45) is 0. The van der Waals surface area contributed by atoms with Crippen LogP contribution in [0.2, 0.25) is 0 Å². The zero-order valence-electron chi connectivity index (χ0n) is 24.9. The minimum atomic E-state index is 0.331. The van der Waals surface area contributed by atoms with E-state index in [9.17, 15) is 0 Å². The molecule has 4 aromatic rings. The lowest BCUT2D eigenvalue weighted by Gasteiger charge is -2.54. The fourth-order valence-electron chi connectivity index (χ4n) is 9.19. The number of anilines is 4. The van der Waals surface area contributed by atoms with Crippen LogP contribution in [0.15, 0.2) is 109 Å². The van der Waals surface area contributed by atoms with Gasteiger partial charge in [0.1, 0.15) is 0 Å². The van der Waals surface area contributed by atoms with Gasteiger partial charge in [-0.1, -0.05) is 72.8 Å². The van der Waals surface area contributed by atoms with Crippen molar-refractivity contribution in [1.82, 2.24) is 0 Å². The van der Waals surface area contributed by atoms with Crippen LogP contribution < -0.4 is 19.6 Å². The van der Waals surface area contributed by atoms with Gasteiger partial charge in [0.2, 0.25) is 0 Å². The highest BCUT2D eigenvalue weighted by atomic mass is 15.5. The second-order valence-electron chi connectivity index (χ2n) is 13.3. The van der Waals surface area contributed by atoms with Crippen LogP contribution >= 0.6 is 0 Å². The molecule has 210 valence electrons. The predicted octanol–water partition coefficient (Wildman–Crippen LogP) is 8.12. The highest BCUT2D eigenvalue weighted by Crippen LogP contribution is 2.61. The molecular formula is C38H38N4. The van der Waals surface area contributed by atoms with E-state index in [4.69, 9.17) is 0 Å². The number of para-hydroxylation sites is 4. The predicted molar refractivity (Wildman–Crippen MR) is 173 cm³/mol. The molecule has 0 spiro atoms. The van der Waals surface area contributed by atoms with Crippen molar-refractivity contribution < 1.29 is 0 Å². The van der Waals surface area contributed by atoms with E-state index >= 15 is 0 Å². The Morgan fingerprint density at radius 2 is 0.762 bits per heavy atom. The van der Waals surface area contributed by atoms with Crippen molar-refractivity contribution in [3.05, 3.63) is 131 Å². The molecule has 4 aromatic carbocycles. The first kappa shape index (κ1) is 24.4. The van der Waals surface area contributed by atoms with Gasteiger partial charge < -0.3 is 19.6 Å². The number of fused-ring (bicyclic) bond motifs is 6. The Kier molecular flexibility index (Phi) is 5.04. The molecule has 2 atom stereocenters. The van der Waals surface area contributed by atoms with Crippen molar-refractivity contribution in [3.8, 4) is 0 Å².